The summed E-state index contributed by atoms with van der Waals surface area (Å²) >= 11 is 6.13. The van der Waals surface area contributed by atoms with E-state index >= 15 is 0 Å². The summed E-state index contributed by atoms with van der Waals surface area (Å²) in [6.07, 6.45) is 1.68. The van der Waals surface area contributed by atoms with Crippen LogP contribution < -0.4 is 10.6 Å². The first-order chi connectivity index (χ1) is 14.7. The van der Waals surface area contributed by atoms with Crippen LogP contribution in [0.4, 0.5) is 5.69 Å². The van der Waals surface area contributed by atoms with Crippen molar-refractivity contribution in [3.05, 3.63) is 64.7 Å². The van der Waals surface area contributed by atoms with E-state index in [1.54, 1.807) is 55.6 Å². The van der Waals surface area contributed by atoms with Crippen molar-refractivity contribution >= 4 is 39.1 Å². The Morgan fingerprint density at radius 3 is 2.45 bits per heavy atom. The number of amides is 2. The maximum atomic E-state index is 12.6. The second-order valence-electron chi connectivity index (χ2n) is 6.82. The number of para-hydroxylation sites is 1. The minimum absolute atomic E-state index is 0.0481. The number of nitrogens with one attached hydrogen (secondary N) is 2. The van der Waals surface area contributed by atoms with Crippen LogP contribution in [0.25, 0.3) is 0 Å². The minimum atomic E-state index is -3.69. The molecular weight excluding hydrogens is 442 g/mol. The van der Waals surface area contributed by atoms with E-state index in [-0.39, 0.29) is 18.0 Å². The number of nitrogens with zero attached hydrogens (tertiary/aromatic N) is 1. The summed E-state index contributed by atoms with van der Waals surface area (Å²) in [6, 6.07) is 13.3. The van der Waals surface area contributed by atoms with Crippen molar-refractivity contribution in [3.63, 3.8) is 0 Å². The van der Waals surface area contributed by atoms with Gasteiger partial charge in [-0.1, -0.05) is 41.9 Å². The molecule has 2 aromatic rings. The minimum Gasteiger partial charge on any atom is -0.385 e. The number of carbonyl (C=O) groups is 2. The number of methoxy groups -OCH3 is 1. The van der Waals surface area contributed by atoms with Gasteiger partial charge < -0.3 is 15.4 Å². The highest BCUT2D eigenvalue weighted by molar-refractivity contribution is 7.88. The lowest BCUT2D eigenvalue weighted by molar-refractivity contribution is -0.116. The van der Waals surface area contributed by atoms with E-state index in [1.807, 2.05) is 0 Å². The Labute approximate surface area is 187 Å². The highest BCUT2D eigenvalue weighted by atomic mass is 35.5. The van der Waals surface area contributed by atoms with Gasteiger partial charge in [-0.15, -0.1) is 0 Å². The van der Waals surface area contributed by atoms with Crippen LogP contribution in [-0.4, -0.2) is 57.6 Å². The summed E-state index contributed by atoms with van der Waals surface area (Å²) in [5.74, 6) is -0.917. The van der Waals surface area contributed by atoms with Gasteiger partial charge in [-0.2, -0.15) is 4.31 Å². The molecular formula is C21H26ClN3O5S. The maximum absolute atomic E-state index is 12.6. The third-order valence-electron chi connectivity index (χ3n) is 4.35. The Hall–Kier alpha value is -2.46. The summed E-state index contributed by atoms with van der Waals surface area (Å²) in [5.41, 5.74) is 1.16. The van der Waals surface area contributed by atoms with Gasteiger partial charge in [0.05, 0.1) is 24.1 Å². The Bertz CT molecular complexity index is 1010. The monoisotopic (exact) mass is 467 g/mol. The molecule has 2 rings (SSSR count). The second kappa shape index (κ2) is 11.8. The molecule has 2 aromatic carbocycles. The van der Waals surface area contributed by atoms with Gasteiger partial charge in [0.15, 0.2) is 0 Å². The average molecular weight is 468 g/mol. The highest BCUT2D eigenvalue weighted by Crippen LogP contribution is 2.19. The molecule has 0 aliphatic rings. The lowest BCUT2D eigenvalue weighted by Gasteiger charge is -2.20. The molecule has 2 amide bonds. The molecule has 2 N–H and O–H groups in total. The van der Waals surface area contributed by atoms with Crippen molar-refractivity contribution in [3.8, 4) is 0 Å². The van der Waals surface area contributed by atoms with Crippen LogP contribution in [0.15, 0.2) is 48.5 Å². The van der Waals surface area contributed by atoms with Crippen LogP contribution in [0.1, 0.15) is 22.3 Å². The topological polar surface area (TPSA) is 105 Å². The number of anilines is 1. The molecule has 168 valence electrons. The first kappa shape index (κ1) is 24.8. The molecule has 0 heterocycles. The SMILES string of the molecule is COCCCNC(=O)c1ccccc1NC(=O)CN(Cc1ccccc1Cl)S(C)(=O)=O. The van der Waals surface area contributed by atoms with E-state index in [0.717, 1.165) is 10.6 Å². The zero-order valence-corrected chi connectivity index (χ0v) is 19.0. The molecule has 0 unspecified atom stereocenters. The van der Waals surface area contributed by atoms with Crippen molar-refractivity contribution < 1.29 is 22.7 Å². The third-order valence-corrected chi connectivity index (χ3v) is 5.92. The number of carbonyl (C=O) groups excluding carboxylic acids is 2. The van der Waals surface area contributed by atoms with E-state index in [0.29, 0.717) is 35.8 Å². The first-order valence-electron chi connectivity index (χ1n) is 9.57. The van der Waals surface area contributed by atoms with Gasteiger partial charge in [-0.05, 0) is 30.2 Å². The molecule has 8 nitrogen and oxygen atoms in total. The van der Waals surface area contributed by atoms with Gasteiger partial charge in [0.2, 0.25) is 15.9 Å². The van der Waals surface area contributed by atoms with Crippen molar-refractivity contribution in [2.75, 3.05) is 38.4 Å². The standard InChI is InChI=1S/C21H26ClN3O5S/c1-30-13-7-12-23-21(27)17-9-4-6-11-19(17)24-20(26)15-25(31(2,28)29)14-16-8-3-5-10-18(16)22/h3-6,8-11H,7,12-15H2,1-2H3,(H,23,27)(H,24,26). The molecule has 0 atom stereocenters. The van der Waals surface area contributed by atoms with Crippen molar-refractivity contribution in [1.29, 1.82) is 0 Å². The Kier molecular flexibility index (Phi) is 9.44. The van der Waals surface area contributed by atoms with E-state index < -0.39 is 22.5 Å². The smallest absolute Gasteiger partial charge is 0.253 e. The Morgan fingerprint density at radius 2 is 1.77 bits per heavy atom. The fourth-order valence-electron chi connectivity index (χ4n) is 2.76. The largest absolute Gasteiger partial charge is 0.385 e. The van der Waals surface area contributed by atoms with Gasteiger partial charge >= 0.3 is 0 Å². The van der Waals surface area contributed by atoms with Crippen LogP contribution in [0, 0.1) is 0 Å². The van der Waals surface area contributed by atoms with Gasteiger partial charge in [-0.3, -0.25) is 9.59 Å². The summed E-state index contributed by atoms with van der Waals surface area (Å²) in [4.78, 5) is 25.1. The molecule has 0 radical (unpaired) electrons. The van der Waals surface area contributed by atoms with E-state index in [2.05, 4.69) is 10.6 Å². The normalized spacial score (nSPS) is 11.4. The predicted molar refractivity (Wildman–Crippen MR) is 121 cm³/mol. The van der Waals surface area contributed by atoms with Gasteiger partial charge in [-0.25, -0.2) is 8.42 Å². The average Bonchev–Trinajstić information content (AvgIpc) is 2.72. The highest BCUT2D eigenvalue weighted by Gasteiger charge is 2.22. The Morgan fingerprint density at radius 1 is 1.10 bits per heavy atom. The molecule has 0 aliphatic carbocycles. The lowest BCUT2D eigenvalue weighted by atomic mass is 10.1. The first-order valence-corrected chi connectivity index (χ1v) is 11.8. The maximum Gasteiger partial charge on any atom is 0.253 e. The molecule has 0 fully saturated rings. The predicted octanol–water partition coefficient (Wildman–Crippen LogP) is 2.51. The van der Waals surface area contributed by atoms with Crippen molar-refractivity contribution in [2.45, 2.75) is 13.0 Å². The van der Waals surface area contributed by atoms with Crippen LogP contribution in [-0.2, 0) is 26.1 Å². The number of sulfonamides is 1. The Balaban J connectivity index is 2.09. The zero-order chi connectivity index (χ0) is 22.9. The molecule has 0 saturated heterocycles. The number of rotatable bonds is 11. The van der Waals surface area contributed by atoms with Crippen molar-refractivity contribution in [1.82, 2.24) is 9.62 Å². The fraction of sp³-hybridized carbons (Fsp3) is 0.333. The number of benzene rings is 2. The molecule has 0 saturated carbocycles. The molecule has 0 bridgehead atoms. The van der Waals surface area contributed by atoms with E-state index in [1.165, 1.54) is 0 Å². The quantitative estimate of drug-likeness (QED) is 0.494. The number of hydrogen-bond donors (Lipinski definition) is 2. The zero-order valence-electron chi connectivity index (χ0n) is 17.4. The van der Waals surface area contributed by atoms with Gasteiger partial charge in [0, 0.05) is 31.8 Å². The molecule has 0 aliphatic heterocycles. The second-order valence-corrected chi connectivity index (χ2v) is 9.21. The van der Waals surface area contributed by atoms with Crippen molar-refractivity contribution in [2.24, 2.45) is 0 Å². The summed E-state index contributed by atoms with van der Waals surface area (Å²) < 4.78 is 30.4. The number of halogens is 1. The van der Waals surface area contributed by atoms with E-state index in [9.17, 15) is 18.0 Å². The van der Waals surface area contributed by atoms with Gasteiger partial charge in [0.1, 0.15) is 0 Å². The number of hydrogen-bond acceptors (Lipinski definition) is 5. The van der Waals surface area contributed by atoms with Crippen LogP contribution in [0.3, 0.4) is 0 Å². The molecule has 0 aromatic heterocycles. The number of ether oxygens (including phenoxy) is 1. The summed E-state index contributed by atoms with van der Waals surface area (Å²) in [6.45, 7) is 0.474. The van der Waals surface area contributed by atoms with Gasteiger partial charge in [0.25, 0.3) is 5.91 Å². The summed E-state index contributed by atoms with van der Waals surface area (Å²) in [5, 5.41) is 5.80. The molecule has 0 spiro atoms. The molecule has 10 heteroatoms. The van der Waals surface area contributed by atoms with Crippen LogP contribution >= 0.6 is 11.6 Å². The fourth-order valence-corrected chi connectivity index (χ4v) is 3.68. The van der Waals surface area contributed by atoms with Crippen LogP contribution in [0.5, 0.6) is 0 Å². The van der Waals surface area contributed by atoms with E-state index in [4.69, 9.17) is 16.3 Å². The summed E-state index contributed by atoms with van der Waals surface area (Å²) in [7, 11) is -2.11. The van der Waals surface area contributed by atoms with Crippen LogP contribution in [0.2, 0.25) is 5.02 Å². The third kappa shape index (κ3) is 7.95. The lowest BCUT2D eigenvalue weighted by Crippen LogP contribution is -2.37. The molecule has 31 heavy (non-hydrogen) atoms.